The fraction of sp³-hybridized carbons (Fsp3) is 0.444. The van der Waals surface area contributed by atoms with Crippen molar-refractivity contribution in [3.63, 3.8) is 0 Å². The molecule has 0 aromatic heterocycles. The minimum Gasteiger partial charge on any atom is -0.490 e. The summed E-state index contributed by atoms with van der Waals surface area (Å²) in [5, 5.41) is 0. The molecular weight excluding hydrogens is 232 g/mol. The Morgan fingerprint density at radius 2 is 1.95 bits per heavy atom. The monoisotopic (exact) mass is 256 g/mol. The zero-order valence-electron chi connectivity index (χ0n) is 12.4. The molecule has 2 aliphatic carbocycles. The van der Waals surface area contributed by atoms with Crippen molar-refractivity contribution in [3.8, 4) is 0 Å². The van der Waals surface area contributed by atoms with E-state index in [0.29, 0.717) is 0 Å². The SMILES string of the molecule is CC1=CC=C(OC2C=CC(C(C)(C)C)=CC2)CC=C1. The first kappa shape index (κ1) is 13.9. The second-order valence-electron chi connectivity index (χ2n) is 6.31. The van der Waals surface area contributed by atoms with Gasteiger partial charge in [0.1, 0.15) is 11.9 Å². The average Bonchev–Trinajstić information content (AvgIpc) is 2.54. The van der Waals surface area contributed by atoms with E-state index in [-0.39, 0.29) is 11.5 Å². The van der Waals surface area contributed by atoms with Gasteiger partial charge < -0.3 is 4.74 Å². The maximum atomic E-state index is 6.06. The number of ether oxygens (including phenoxy) is 1. The van der Waals surface area contributed by atoms with Gasteiger partial charge in [0.25, 0.3) is 0 Å². The maximum Gasteiger partial charge on any atom is 0.120 e. The molecule has 0 radical (unpaired) electrons. The predicted molar refractivity (Wildman–Crippen MR) is 81.8 cm³/mol. The minimum absolute atomic E-state index is 0.178. The van der Waals surface area contributed by atoms with Gasteiger partial charge in [-0.2, -0.15) is 0 Å². The summed E-state index contributed by atoms with van der Waals surface area (Å²) in [6.45, 7) is 8.85. The fourth-order valence-electron chi connectivity index (χ4n) is 2.24. The highest BCUT2D eigenvalue weighted by Crippen LogP contribution is 2.30. The molecule has 0 N–H and O–H groups in total. The van der Waals surface area contributed by atoms with Crippen molar-refractivity contribution in [1.29, 1.82) is 0 Å². The summed E-state index contributed by atoms with van der Waals surface area (Å²) in [6.07, 6.45) is 17.2. The van der Waals surface area contributed by atoms with Crippen LogP contribution < -0.4 is 0 Å². The molecule has 19 heavy (non-hydrogen) atoms. The van der Waals surface area contributed by atoms with Crippen LogP contribution in [0.2, 0.25) is 0 Å². The molecule has 0 aromatic rings. The summed E-state index contributed by atoms with van der Waals surface area (Å²) in [7, 11) is 0. The average molecular weight is 256 g/mol. The normalized spacial score (nSPS) is 23.4. The molecule has 1 heteroatoms. The van der Waals surface area contributed by atoms with Gasteiger partial charge in [-0.05, 0) is 30.1 Å². The summed E-state index contributed by atoms with van der Waals surface area (Å²) in [6, 6.07) is 0. The molecule has 0 bridgehead atoms. The van der Waals surface area contributed by atoms with E-state index < -0.39 is 0 Å². The third-order valence-electron chi connectivity index (χ3n) is 3.46. The van der Waals surface area contributed by atoms with Crippen LogP contribution in [0.15, 0.2) is 59.4 Å². The third-order valence-corrected chi connectivity index (χ3v) is 3.46. The highest BCUT2D eigenvalue weighted by Gasteiger charge is 2.19. The third kappa shape index (κ3) is 3.99. The Hall–Kier alpha value is -1.50. The van der Waals surface area contributed by atoms with E-state index in [9.17, 15) is 0 Å². The number of rotatable bonds is 2. The molecule has 0 aromatic carbocycles. The van der Waals surface area contributed by atoms with E-state index in [1.54, 1.807) is 0 Å². The minimum atomic E-state index is 0.178. The Morgan fingerprint density at radius 3 is 2.58 bits per heavy atom. The lowest BCUT2D eigenvalue weighted by molar-refractivity contribution is 0.151. The molecule has 0 saturated carbocycles. The van der Waals surface area contributed by atoms with Crippen LogP contribution in [-0.4, -0.2) is 6.10 Å². The van der Waals surface area contributed by atoms with E-state index in [0.717, 1.165) is 18.6 Å². The van der Waals surface area contributed by atoms with Gasteiger partial charge in [0.2, 0.25) is 0 Å². The van der Waals surface area contributed by atoms with E-state index in [1.165, 1.54) is 11.1 Å². The van der Waals surface area contributed by atoms with Crippen LogP contribution in [0.25, 0.3) is 0 Å². The van der Waals surface area contributed by atoms with Crippen molar-refractivity contribution in [2.24, 2.45) is 5.41 Å². The molecule has 102 valence electrons. The van der Waals surface area contributed by atoms with Crippen molar-refractivity contribution < 1.29 is 4.74 Å². The summed E-state index contributed by atoms with van der Waals surface area (Å²) < 4.78 is 6.06. The zero-order valence-corrected chi connectivity index (χ0v) is 12.4. The number of hydrogen-bond donors (Lipinski definition) is 0. The quantitative estimate of drug-likeness (QED) is 0.668. The first-order valence-corrected chi connectivity index (χ1v) is 7.04. The molecule has 0 amide bonds. The Labute approximate surface area is 117 Å². The van der Waals surface area contributed by atoms with Crippen molar-refractivity contribution >= 4 is 0 Å². The second kappa shape index (κ2) is 5.64. The molecule has 0 aliphatic heterocycles. The van der Waals surface area contributed by atoms with E-state index >= 15 is 0 Å². The molecule has 1 unspecified atom stereocenters. The largest absolute Gasteiger partial charge is 0.490 e. The first-order valence-electron chi connectivity index (χ1n) is 7.04. The first-order chi connectivity index (χ1) is 8.95. The van der Waals surface area contributed by atoms with Crippen molar-refractivity contribution in [2.75, 3.05) is 0 Å². The summed E-state index contributed by atoms with van der Waals surface area (Å²) in [5.41, 5.74) is 2.90. The van der Waals surface area contributed by atoms with Gasteiger partial charge in [-0.25, -0.2) is 0 Å². The second-order valence-corrected chi connectivity index (χ2v) is 6.31. The molecule has 0 saturated heterocycles. The van der Waals surface area contributed by atoms with E-state index in [4.69, 9.17) is 4.74 Å². The maximum absolute atomic E-state index is 6.06. The molecule has 1 atom stereocenters. The van der Waals surface area contributed by atoms with Crippen LogP contribution in [0.1, 0.15) is 40.5 Å². The summed E-state index contributed by atoms with van der Waals surface area (Å²) in [4.78, 5) is 0. The smallest absolute Gasteiger partial charge is 0.120 e. The molecule has 2 aliphatic rings. The molecule has 2 rings (SSSR count). The Bertz CT molecular complexity index is 478. The van der Waals surface area contributed by atoms with Crippen LogP contribution in [-0.2, 0) is 4.74 Å². The van der Waals surface area contributed by atoms with Crippen LogP contribution >= 0.6 is 0 Å². The van der Waals surface area contributed by atoms with Gasteiger partial charge in [-0.1, -0.05) is 56.7 Å². The number of hydrogen-bond acceptors (Lipinski definition) is 1. The summed E-state index contributed by atoms with van der Waals surface area (Å²) in [5.74, 6) is 1.05. The van der Waals surface area contributed by atoms with Crippen LogP contribution in [0, 0.1) is 5.41 Å². The summed E-state index contributed by atoms with van der Waals surface area (Å²) >= 11 is 0. The van der Waals surface area contributed by atoms with E-state index in [2.05, 4.69) is 70.2 Å². The highest BCUT2D eigenvalue weighted by atomic mass is 16.5. The Balaban J connectivity index is 1.96. The molecule has 0 fully saturated rings. The number of allylic oxidation sites excluding steroid dienone is 7. The lowest BCUT2D eigenvalue weighted by Gasteiger charge is -2.26. The van der Waals surface area contributed by atoms with Crippen LogP contribution in [0.3, 0.4) is 0 Å². The molecule has 0 heterocycles. The van der Waals surface area contributed by atoms with Crippen LogP contribution in [0.4, 0.5) is 0 Å². The van der Waals surface area contributed by atoms with Gasteiger partial charge in [-0.3, -0.25) is 0 Å². The van der Waals surface area contributed by atoms with Gasteiger partial charge in [0.15, 0.2) is 0 Å². The molecular formula is C18H24O. The Kier molecular flexibility index (Phi) is 4.14. The molecule has 1 nitrogen and oxygen atoms in total. The lowest BCUT2D eigenvalue weighted by atomic mass is 9.83. The van der Waals surface area contributed by atoms with Gasteiger partial charge in [0.05, 0.1) is 0 Å². The Morgan fingerprint density at radius 1 is 1.16 bits per heavy atom. The van der Waals surface area contributed by atoms with Crippen LogP contribution in [0.5, 0.6) is 0 Å². The van der Waals surface area contributed by atoms with Gasteiger partial charge in [0, 0.05) is 12.8 Å². The van der Waals surface area contributed by atoms with Crippen molar-refractivity contribution in [2.45, 2.75) is 46.6 Å². The van der Waals surface area contributed by atoms with Crippen molar-refractivity contribution in [1.82, 2.24) is 0 Å². The van der Waals surface area contributed by atoms with Crippen molar-refractivity contribution in [3.05, 3.63) is 59.4 Å². The zero-order chi connectivity index (χ0) is 13.9. The topological polar surface area (TPSA) is 9.23 Å². The molecule has 0 spiro atoms. The standard InChI is InChI=1S/C18H24O/c1-14-6-5-7-16(11-8-14)19-17-12-9-15(10-13-17)18(2,3)4/h5-6,8-12,17H,7,13H2,1-4H3. The van der Waals surface area contributed by atoms with E-state index in [1.807, 2.05) is 0 Å². The predicted octanol–water partition coefficient (Wildman–Crippen LogP) is 5.09. The highest BCUT2D eigenvalue weighted by molar-refractivity contribution is 5.30. The van der Waals surface area contributed by atoms with Gasteiger partial charge >= 0.3 is 0 Å². The van der Waals surface area contributed by atoms with Gasteiger partial charge in [-0.15, -0.1) is 0 Å². The fourth-order valence-corrected chi connectivity index (χ4v) is 2.24. The lowest BCUT2D eigenvalue weighted by Crippen LogP contribution is -2.16.